The average Bonchev–Trinajstić information content (AvgIpc) is 2.66. The van der Waals surface area contributed by atoms with Crippen LogP contribution in [0, 0.1) is 30.9 Å². The Bertz CT molecular complexity index is 840. The number of unbranched alkanes of at least 4 members (excludes halogenated alkanes) is 1. The Kier molecular flexibility index (Phi) is 7.67. The second kappa shape index (κ2) is 10.2. The fourth-order valence-electron chi connectivity index (χ4n) is 2.36. The molecule has 0 radical (unpaired) electrons. The first kappa shape index (κ1) is 21.1. The fraction of sp³-hybridized carbons (Fsp3) is 0.421. The van der Waals surface area contributed by atoms with E-state index in [2.05, 4.69) is 14.8 Å². The van der Waals surface area contributed by atoms with E-state index in [4.69, 9.17) is 9.47 Å². The van der Waals surface area contributed by atoms with E-state index >= 15 is 0 Å². The first-order chi connectivity index (χ1) is 13.4. The molecule has 0 saturated carbocycles. The Morgan fingerprint density at radius 3 is 2.54 bits per heavy atom. The number of aromatic nitrogens is 2. The van der Waals surface area contributed by atoms with Crippen molar-refractivity contribution in [1.82, 2.24) is 9.97 Å². The number of hydrogen-bond donors (Lipinski definition) is 0. The van der Waals surface area contributed by atoms with E-state index in [1.54, 1.807) is 24.3 Å². The zero-order valence-electron chi connectivity index (χ0n) is 16.1. The average molecular weight is 389 g/mol. The molecule has 1 aromatic heterocycles. The van der Waals surface area contributed by atoms with Crippen molar-refractivity contribution in [2.75, 3.05) is 13.2 Å². The van der Waals surface area contributed by atoms with Gasteiger partial charge in [-0.2, -0.15) is 0 Å². The summed E-state index contributed by atoms with van der Waals surface area (Å²) in [5.41, 5.74) is 3.37. The van der Waals surface area contributed by atoms with E-state index in [9.17, 15) is 14.9 Å². The van der Waals surface area contributed by atoms with Crippen LogP contribution in [0.3, 0.4) is 0 Å². The van der Waals surface area contributed by atoms with Gasteiger partial charge in [-0.05, 0) is 51.8 Å². The van der Waals surface area contributed by atoms with Gasteiger partial charge in [0.15, 0.2) is 0 Å². The van der Waals surface area contributed by atoms with E-state index in [0.29, 0.717) is 36.5 Å². The van der Waals surface area contributed by atoms with E-state index in [0.717, 1.165) is 17.1 Å². The van der Waals surface area contributed by atoms with Gasteiger partial charge < -0.3 is 14.3 Å². The number of carbonyl (C=O) groups excluding carboxylic acids is 1. The smallest absolute Gasteiger partial charge is 0.338 e. The maximum Gasteiger partial charge on any atom is 0.338 e. The van der Waals surface area contributed by atoms with Crippen LogP contribution in [0.4, 0.5) is 0 Å². The summed E-state index contributed by atoms with van der Waals surface area (Å²) in [6.07, 6.45) is 1.09. The van der Waals surface area contributed by atoms with Gasteiger partial charge in [0.1, 0.15) is 12.4 Å². The molecular formula is C19H23N3O6. The van der Waals surface area contributed by atoms with Gasteiger partial charge in [0.25, 0.3) is 5.09 Å². The molecule has 0 aliphatic heterocycles. The predicted octanol–water partition coefficient (Wildman–Crippen LogP) is 3.13. The zero-order chi connectivity index (χ0) is 20.5. The van der Waals surface area contributed by atoms with E-state index in [1.165, 1.54) is 0 Å². The van der Waals surface area contributed by atoms with Gasteiger partial charge in [0, 0.05) is 0 Å². The maximum absolute atomic E-state index is 12.3. The van der Waals surface area contributed by atoms with Crippen LogP contribution in [-0.4, -0.2) is 34.2 Å². The van der Waals surface area contributed by atoms with Gasteiger partial charge in [-0.25, -0.2) is 4.79 Å². The van der Waals surface area contributed by atoms with Gasteiger partial charge in [0.05, 0.1) is 41.6 Å². The van der Waals surface area contributed by atoms with Crippen molar-refractivity contribution in [3.8, 4) is 5.75 Å². The standard InChI is InChI=1S/C19H23N3O6/c1-13-14(2)21-18(15(3)20-13)12-27-19(23)16-7-6-8-17(11-16)26-9-4-5-10-28-22(24)25/h6-8,11H,4-5,9-10,12H2,1-3H3. The topological polar surface area (TPSA) is 114 Å². The SMILES string of the molecule is Cc1nc(C)c(COC(=O)c2cccc(OCCCCO[N+](=O)[O-])c2)nc1C. The van der Waals surface area contributed by atoms with Crippen LogP contribution in [-0.2, 0) is 16.2 Å². The van der Waals surface area contributed by atoms with Crippen LogP contribution in [0.5, 0.6) is 5.75 Å². The minimum absolute atomic E-state index is 0.0313. The van der Waals surface area contributed by atoms with Crippen molar-refractivity contribution in [3.63, 3.8) is 0 Å². The third-order valence-electron chi connectivity index (χ3n) is 3.99. The molecule has 150 valence electrons. The number of rotatable bonds is 10. The molecule has 0 aliphatic rings. The molecule has 0 unspecified atom stereocenters. The molecule has 2 rings (SSSR count). The van der Waals surface area contributed by atoms with E-state index in [-0.39, 0.29) is 13.2 Å². The van der Waals surface area contributed by atoms with Crippen LogP contribution in [0.15, 0.2) is 24.3 Å². The summed E-state index contributed by atoms with van der Waals surface area (Å²) in [4.78, 5) is 35.4. The first-order valence-corrected chi connectivity index (χ1v) is 8.85. The second-order valence-electron chi connectivity index (χ2n) is 6.14. The Morgan fingerprint density at radius 1 is 1.07 bits per heavy atom. The minimum Gasteiger partial charge on any atom is -0.494 e. The van der Waals surface area contributed by atoms with Gasteiger partial charge >= 0.3 is 5.97 Å². The van der Waals surface area contributed by atoms with Crippen molar-refractivity contribution < 1.29 is 24.2 Å². The highest BCUT2D eigenvalue weighted by Gasteiger charge is 2.12. The molecule has 1 heterocycles. The quantitative estimate of drug-likeness (QED) is 0.263. The largest absolute Gasteiger partial charge is 0.494 e. The fourth-order valence-corrected chi connectivity index (χ4v) is 2.36. The molecule has 0 N–H and O–H groups in total. The highest BCUT2D eigenvalue weighted by atomic mass is 16.9. The molecule has 2 aromatic rings. The van der Waals surface area contributed by atoms with Crippen molar-refractivity contribution in [3.05, 3.63) is 62.7 Å². The minimum atomic E-state index is -0.819. The number of aryl methyl sites for hydroxylation is 3. The normalized spacial score (nSPS) is 10.4. The maximum atomic E-state index is 12.3. The van der Waals surface area contributed by atoms with Crippen molar-refractivity contribution >= 4 is 5.97 Å². The number of ether oxygens (including phenoxy) is 2. The lowest BCUT2D eigenvalue weighted by Gasteiger charge is -2.10. The Balaban J connectivity index is 1.84. The van der Waals surface area contributed by atoms with Crippen molar-refractivity contribution in [2.45, 2.75) is 40.2 Å². The summed E-state index contributed by atoms with van der Waals surface area (Å²) < 4.78 is 10.9. The molecule has 9 heteroatoms. The van der Waals surface area contributed by atoms with Crippen LogP contribution in [0.1, 0.15) is 46.0 Å². The number of carbonyl (C=O) groups is 1. The molecule has 0 saturated heterocycles. The number of esters is 1. The third kappa shape index (κ3) is 6.49. The molecule has 1 aromatic carbocycles. The Hall–Kier alpha value is -3.23. The molecule has 0 spiro atoms. The summed E-state index contributed by atoms with van der Waals surface area (Å²) in [5, 5.41) is 9.23. The molecule has 0 fully saturated rings. The predicted molar refractivity (Wildman–Crippen MR) is 99.5 cm³/mol. The van der Waals surface area contributed by atoms with Gasteiger partial charge in [-0.15, -0.1) is 10.1 Å². The summed E-state index contributed by atoms with van der Waals surface area (Å²) in [6.45, 7) is 6.00. The molecule has 0 atom stereocenters. The summed E-state index contributed by atoms with van der Waals surface area (Å²) in [5.74, 6) is 0.0380. The molecule has 9 nitrogen and oxygen atoms in total. The highest BCUT2D eigenvalue weighted by Crippen LogP contribution is 2.16. The molecular weight excluding hydrogens is 366 g/mol. The lowest BCUT2D eigenvalue weighted by Crippen LogP contribution is -2.10. The molecule has 0 aliphatic carbocycles. The number of benzene rings is 1. The van der Waals surface area contributed by atoms with Crippen molar-refractivity contribution in [2.24, 2.45) is 0 Å². The van der Waals surface area contributed by atoms with Gasteiger partial charge in [-0.3, -0.25) is 9.97 Å². The second-order valence-corrected chi connectivity index (χ2v) is 6.14. The highest BCUT2D eigenvalue weighted by molar-refractivity contribution is 5.89. The Morgan fingerprint density at radius 2 is 1.79 bits per heavy atom. The molecule has 0 bridgehead atoms. The Labute approximate surface area is 162 Å². The summed E-state index contributed by atoms with van der Waals surface area (Å²) in [7, 11) is 0. The van der Waals surface area contributed by atoms with Crippen LogP contribution in [0.2, 0.25) is 0 Å². The van der Waals surface area contributed by atoms with Crippen LogP contribution in [0.25, 0.3) is 0 Å². The summed E-state index contributed by atoms with van der Waals surface area (Å²) >= 11 is 0. The first-order valence-electron chi connectivity index (χ1n) is 8.85. The van der Waals surface area contributed by atoms with Crippen LogP contribution < -0.4 is 4.74 Å². The lowest BCUT2D eigenvalue weighted by molar-refractivity contribution is -0.757. The monoisotopic (exact) mass is 389 g/mol. The lowest BCUT2D eigenvalue weighted by atomic mass is 10.2. The number of hydrogen-bond acceptors (Lipinski definition) is 8. The number of nitrogens with zero attached hydrogens (tertiary/aromatic N) is 3. The van der Waals surface area contributed by atoms with Crippen LogP contribution >= 0.6 is 0 Å². The van der Waals surface area contributed by atoms with Gasteiger partial charge in [-0.1, -0.05) is 6.07 Å². The molecule has 28 heavy (non-hydrogen) atoms. The third-order valence-corrected chi connectivity index (χ3v) is 3.99. The zero-order valence-corrected chi connectivity index (χ0v) is 16.1. The van der Waals surface area contributed by atoms with E-state index in [1.807, 2.05) is 20.8 Å². The van der Waals surface area contributed by atoms with Gasteiger partial charge in [0.2, 0.25) is 0 Å². The molecule has 0 amide bonds. The van der Waals surface area contributed by atoms with Crippen molar-refractivity contribution in [1.29, 1.82) is 0 Å². The van der Waals surface area contributed by atoms with E-state index < -0.39 is 11.1 Å². The summed E-state index contributed by atoms with van der Waals surface area (Å²) in [6, 6.07) is 6.65.